The molecule has 0 atom stereocenters. The van der Waals surface area contributed by atoms with Gasteiger partial charge in [-0.1, -0.05) is 72.8 Å². The van der Waals surface area contributed by atoms with Gasteiger partial charge in [-0.05, 0) is 35.2 Å². The molecule has 0 bridgehead atoms. The van der Waals surface area contributed by atoms with Crippen molar-refractivity contribution in [1.82, 2.24) is 4.90 Å². The van der Waals surface area contributed by atoms with Crippen LogP contribution in [-0.2, 0) is 21.8 Å². The second kappa shape index (κ2) is 9.09. The summed E-state index contributed by atoms with van der Waals surface area (Å²) in [5.41, 5.74) is 3.05. The highest BCUT2D eigenvalue weighted by atomic mass is 32.2. The molecule has 1 heterocycles. The highest BCUT2D eigenvalue weighted by molar-refractivity contribution is 8.03. The molecule has 150 valence electrons. The number of benzene rings is 3. The van der Waals surface area contributed by atoms with Crippen LogP contribution in [0.1, 0.15) is 16.7 Å². The number of imide groups is 1. The van der Waals surface area contributed by atoms with Crippen LogP contribution in [0.2, 0.25) is 0 Å². The lowest BCUT2D eigenvalue weighted by Crippen LogP contribution is -2.33. The third-order valence-corrected chi connectivity index (χ3v) is 6.10. The smallest absolute Gasteiger partial charge is 0.268 e. The van der Waals surface area contributed by atoms with Crippen molar-refractivity contribution in [2.24, 2.45) is 0 Å². The van der Waals surface area contributed by atoms with Crippen LogP contribution in [0.5, 0.6) is 0 Å². The van der Waals surface area contributed by atoms with E-state index < -0.39 is 0 Å². The van der Waals surface area contributed by atoms with Crippen molar-refractivity contribution in [1.29, 1.82) is 0 Å². The van der Waals surface area contributed by atoms with Gasteiger partial charge in [0, 0.05) is 12.3 Å². The predicted octanol–water partition coefficient (Wildman–Crippen LogP) is 5.08. The van der Waals surface area contributed by atoms with Gasteiger partial charge in [0.15, 0.2) is 0 Å². The lowest BCUT2D eigenvalue weighted by atomic mass is 10.1. The van der Waals surface area contributed by atoms with Gasteiger partial charge >= 0.3 is 0 Å². The summed E-state index contributed by atoms with van der Waals surface area (Å²) in [6, 6.07) is 25.3. The van der Waals surface area contributed by atoms with E-state index in [1.54, 1.807) is 12.1 Å². The minimum atomic E-state index is -0.379. The quantitative estimate of drug-likeness (QED) is 0.503. The molecular weight excluding hydrogens is 397 g/mol. The molecule has 3 aromatic rings. The first-order valence-corrected chi connectivity index (χ1v) is 10.7. The van der Waals surface area contributed by atoms with E-state index >= 15 is 0 Å². The normalized spacial score (nSPS) is 14.0. The molecule has 0 spiro atoms. The summed E-state index contributed by atoms with van der Waals surface area (Å²) in [5.74, 6) is -0.406. The molecule has 4 rings (SSSR count). The summed E-state index contributed by atoms with van der Waals surface area (Å²) < 4.78 is 13.4. The first-order valence-electron chi connectivity index (χ1n) is 9.70. The predicted molar refractivity (Wildman–Crippen MR) is 118 cm³/mol. The zero-order valence-corrected chi connectivity index (χ0v) is 17.1. The van der Waals surface area contributed by atoms with E-state index in [0.717, 1.165) is 11.1 Å². The van der Waals surface area contributed by atoms with Crippen molar-refractivity contribution in [3.05, 3.63) is 112 Å². The fourth-order valence-corrected chi connectivity index (χ4v) is 4.46. The number of hydrogen-bond acceptors (Lipinski definition) is 3. The number of thioether (sulfide) groups is 1. The average molecular weight is 418 g/mol. The van der Waals surface area contributed by atoms with Gasteiger partial charge in [-0.2, -0.15) is 0 Å². The largest absolute Gasteiger partial charge is 0.274 e. The minimum absolute atomic E-state index is 0.281. The van der Waals surface area contributed by atoms with Crippen molar-refractivity contribution >= 4 is 29.1 Å². The highest BCUT2D eigenvalue weighted by Gasteiger charge is 2.38. The Balaban J connectivity index is 1.60. The Labute approximate surface area is 179 Å². The van der Waals surface area contributed by atoms with Crippen molar-refractivity contribution in [3.8, 4) is 0 Å². The summed E-state index contributed by atoms with van der Waals surface area (Å²) >= 11 is 1.36. The minimum Gasteiger partial charge on any atom is -0.274 e. The number of carbonyl (C=O) groups excluding carboxylic acids is 2. The Morgan fingerprint density at radius 3 is 1.97 bits per heavy atom. The SMILES string of the molecule is O=C1C(SCc2ccccc2)=C(c2ccc(F)cc2)C(=O)N1CCc1ccccc1. The average Bonchev–Trinajstić information content (AvgIpc) is 3.02. The van der Waals surface area contributed by atoms with Gasteiger partial charge in [-0.25, -0.2) is 4.39 Å². The summed E-state index contributed by atoms with van der Waals surface area (Å²) in [5, 5.41) is 0. The maximum atomic E-state index is 13.4. The Bertz CT molecular complexity index is 1080. The van der Waals surface area contributed by atoms with E-state index in [4.69, 9.17) is 0 Å². The summed E-state index contributed by atoms with van der Waals surface area (Å²) in [6.45, 7) is 0.307. The maximum Gasteiger partial charge on any atom is 0.268 e. The molecule has 0 aromatic heterocycles. The van der Waals surface area contributed by atoms with Crippen LogP contribution >= 0.6 is 11.8 Å². The van der Waals surface area contributed by atoms with Gasteiger partial charge in [0.2, 0.25) is 0 Å². The Kier molecular flexibility index (Phi) is 6.10. The second-order valence-electron chi connectivity index (χ2n) is 6.98. The molecule has 0 N–H and O–H groups in total. The first-order chi connectivity index (χ1) is 14.6. The number of rotatable bonds is 7. The molecule has 0 radical (unpaired) electrons. The number of halogens is 1. The number of hydrogen-bond donors (Lipinski definition) is 0. The molecule has 0 saturated heterocycles. The van der Waals surface area contributed by atoms with E-state index in [1.165, 1.54) is 28.8 Å². The van der Waals surface area contributed by atoms with Crippen LogP contribution in [0.15, 0.2) is 89.8 Å². The third kappa shape index (κ3) is 4.36. The van der Waals surface area contributed by atoms with Gasteiger partial charge in [-0.15, -0.1) is 11.8 Å². The molecule has 0 fully saturated rings. The van der Waals surface area contributed by atoms with E-state index in [-0.39, 0.29) is 17.6 Å². The standard InChI is InChI=1S/C25H20FNO2S/c26-21-13-11-20(12-14-21)22-23(30-17-19-9-5-2-6-10-19)25(29)27(24(22)28)16-15-18-7-3-1-4-8-18/h1-14H,15-17H2. The summed E-state index contributed by atoms with van der Waals surface area (Å²) in [7, 11) is 0. The maximum absolute atomic E-state index is 13.4. The van der Waals surface area contributed by atoms with Crippen LogP contribution in [0.4, 0.5) is 4.39 Å². The summed E-state index contributed by atoms with van der Waals surface area (Å²) in [6.07, 6.45) is 0.589. The van der Waals surface area contributed by atoms with Crippen molar-refractivity contribution in [2.45, 2.75) is 12.2 Å². The van der Waals surface area contributed by atoms with E-state index in [0.29, 0.717) is 34.8 Å². The van der Waals surface area contributed by atoms with E-state index in [2.05, 4.69) is 0 Å². The van der Waals surface area contributed by atoms with Crippen LogP contribution < -0.4 is 0 Å². The lowest BCUT2D eigenvalue weighted by Gasteiger charge is -2.15. The molecule has 1 aliphatic heterocycles. The van der Waals surface area contributed by atoms with Gasteiger partial charge < -0.3 is 0 Å². The topological polar surface area (TPSA) is 37.4 Å². The van der Waals surface area contributed by atoms with Crippen LogP contribution in [-0.4, -0.2) is 23.3 Å². The molecule has 0 saturated carbocycles. The fourth-order valence-electron chi connectivity index (χ4n) is 3.38. The van der Waals surface area contributed by atoms with Crippen LogP contribution in [0.3, 0.4) is 0 Å². The molecule has 0 unspecified atom stereocenters. The van der Waals surface area contributed by atoms with Crippen LogP contribution in [0, 0.1) is 5.82 Å². The first kappa shape index (κ1) is 20.1. The Hall–Kier alpha value is -3.18. The molecule has 2 amide bonds. The van der Waals surface area contributed by atoms with Gasteiger partial charge in [-0.3, -0.25) is 14.5 Å². The van der Waals surface area contributed by atoms with Crippen LogP contribution in [0.25, 0.3) is 5.57 Å². The second-order valence-corrected chi connectivity index (χ2v) is 7.97. The van der Waals surface area contributed by atoms with Gasteiger partial charge in [0.1, 0.15) is 5.82 Å². The molecule has 30 heavy (non-hydrogen) atoms. The molecule has 1 aliphatic rings. The van der Waals surface area contributed by atoms with Gasteiger partial charge in [0.25, 0.3) is 11.8 Å². The highest BCUT2D eigenvalue weighted by Crippen LogP contribution is 2.37. The Morgan fingerprint density at radius 2 is 1.33 bits per heavy atom. The molecule has 3 aromatic carbocycles. The van der Waals surface area contributed by atoms with Crippen molar-refractivity contribution in [3.63, 3.8) is 0 Å². The Morgan fingerprint density at radius 1 is 0.733 bits per heavy atom. The van der Waals surface area contributed by atoms with Gasteiger partial charge in [0.05, 0.1) is 10.5 Å². The van der Waals surface area contributed by atoms with Crippen molar-refractivity contribution < 1.29 is 14.0 Å². The fraction of sp³-hybridized carbons (Fsp3) is 0.120. The van der Waals surface area contributed by atoms with E-state index in [1.807, 2.05) is 60.7 Å². The number of amides is 2. The molecule has 5 heteroatoms. The number of nitrogens with zero attached hydrogens (tertiary/aromatic N) is 1. The van der Waals surface area contributed by atoms with Crippen molar-refractivity contribution in [2.75, 3.05) is 6.54 Å². The molecular formula is C25H20FNO2S. The lowest BCUT2D eigenvalue weighted by molar-refractivity contribution is -0.136. The third-order valence-electron chi connectivity index (χ3n) is 4.95. The van der Waals surface area contributed by atoms with E-state index in [9.17, 15) is 14.0 Å². The zero-order valence-electron chi connectivity index (χ0n) is 16.3. The number of carbonyl (C=O) groups is 2. The monoisotopic (exact) mass is 417 g/mol. The summed E-state index contributed by atoms with van der Waals surface area (Å²) in [4.78, 5) is 28.1. The molecule has 3 nitrogen and oxygen atoms in total. The zero-order chi connectivity index (χ0) is 20.9. The molecule has 0 aliphatic carbocycles.